The Labute approximate surface area is 89.5 Å². The van der Waals surface area contributed by atoms with Crippen molar-refractivity contribution in [2.45, 2.75) is 24.7 Å². The van der Waals surface area contributed by atoms with Crippen LogP contribution in [0.25, 0.3) is 0 Å². The molecule has 1 aromatic heterocycles. The summed E-state index contributed by atoms with van der Waals surface area (Å²) in [4.78, 5) is 0.255. The fraction of sp³-hybridized carbons (Fsp3) is 0.667. The second-order valence-electron chi connectivity index (χ2n) is 3.83. The largest absolute Gasteiger partial charge is 0.284 e. The first-order chi connectivity index (χ1) is 7.14. The number of aromatic amines is 1. The summed E-state index contributed by atoms with van der Waals surface area (Å²) in [5.74, 6) is 0.562. The van der Waals surface area contributed by atoms with Gasteiger partial charge in [-0.1, -0.05) is 6.92 Å². The summed E-state index contributed by atoms with van der Waals surface area (Å²) in [5, 5.41) is 6.20. The number of nitrogens with one attached hydrogen (secondary N) is 1. The first kappa shape index (κ1) is 10.6. The van der Waals surface area contributed by atoms with Crippen molar-refractivity contribution in [3.63, 3.8) is 0 Å². The molecule has 1 fully saturated rings. The van der Waals surface area contributed by atoms with Crippen LogP contribution in [0.15, 0.2) is 17.3 Å². The van der Waals surface area contributed by atoms with Crippen molar-refractivity contribution >= 4 is 10.0 Å². The van der Waals surface area contributed by atoms with Crippen molar-refractivity contribution in [1.29, 1.82) is 0 Å². The Morgan fingerprint density at radius 3 is 2.80 bits per heavy atom. The average molecular weight is 229 g/mol. The molecule has 1 aliphatic carbocycles. The third kappa shape index (κ3) is 2.21. The molecule has 0 unspecified atom stereocenters. The van der Waals surface area contributed by atoms with E-state index in [-0.39, 0.29) is 4.90 Å². The molecule has 1 saturated carbocycles. The summed E-state index contributed by atoms with van der Waals surface area (Å²) in [5.41, 5.74) is 0. The molecule has 0 radical (unpaired) electrons. The van der Waals surface area contributed by atoms with Crippen molar-refractivity contribution in [2.75, 3.05) is 13.1 Å². The predicted octanol–water partition coefficient (Wildman–Crippen LogP) is 0.830. The highest BCUT2D eigenvalue weighted by atomic mass is 32.2. The first-order valence-corrected chi connectivity index (χ1v) is 6.57. The first-order valence-electron chi connectivity index (χ1n) is 5.13. The lowest BCUT2D eigenvalue weighted by atomic mass is 10.4. The normalized spacial score (nSPS) is 17.2. The van der Waals surface area contributed by atoms with E-state index in [1.807, 2.05) is 6.92 Å². The molecule has 1 aromatic rings. The monoisotopic (exact) mass is 229 g/mol. The van der Waals surface area contributed by atoms with E-state index in [2.05, 4.69) is 10.2 Å². The van der Waals surface area contributed by atoms with E-state index in [0.29, 0.717) is 19.0 Å². The highest BCUT2D eigenvalue weighted by Crippen LogP contribution is 2.31. The predicted molar refractivity (Wildman–Crippen MR) is 55.7 cm³/mol. The average Bonchev–Trinajstić information content (AvgIpc) is 2.83. The molecule has 1 heterocycles. The van der Waals surface area contributed by atoms with Crippen LogP contribution in [0.3, 0.4) is 0 Å². The fourth-order valence-electron chi connectivity index (χ4n) is 1.51. The van der Waals surface area contributed by atoms with Crippen molar-refractivity contribution in [2.24, 2.45) is 5.92 Å². The molecule has 15 heavy (non-hydrogen) atoms. The molecule has 0 spiro atoms. The molecule has 0 amide bonds. The van der Waals surface area contributed by atoms with Crippen LogP contribution in [0.4, 0.5) is 0 Å². The maximum absolute atomic E-state index is 12.1. The van der Waals surface area contributed by atoms with E-state index < -0.39 is 10.0 Å². The van der Waals surface area contributed by atoms with E-state index in [4.69, 9.17) is 0 Å². The van der Waals surface area contributed by atoms with Crippen LogP contribution in [0.2, 0.25) is 0 Å². The topological polar surface area (TPSA) is 66.1 Å². The van der Waals surface area contributed by atoms with E-state index in [1.54, 1.807) is 0 Å². The van der Waals surface area contributed by atoms with E-state index >= 15 is 0 Å². The highest BCUT2D eigenvalue weighted by Gasteiger charge is 2.30. The number of nitrogens with zero attached hydrogens (tertiary/aromatic N) is 2. The van der Waals surface area contributed by atoms with Gasteiger partial charge in [0.15, 0.2) is 0 Å². The minimum atomic E-state index is -3.32. The molecule has 1 aliphatic rings. The quantitative estimate of drug-likeness (QED) is 0.813. The van der Waals surface area contributed by atoms with Gasteiger partial charge in [0.2, 0.25) is 10.0 Å². The molecule has 84 valence electrons. The van der Waals surface area contributed by atoms with Gasteiger partial charge in [0, 0.05) is 19.3 Å². The Morgan fingerprint density at radius 2 is 2.33 bits per heavy atom. The van der Waals surface area contributed by atoms with Crippen LogP contribution < -0.4 is 0 Å². The zero-order valence-corrected chi connectivity index (χ0v) is 9.50. The molecule has 0 aliphatic heterocycles. The van der Waals surface area contributed by atoms with Crippen molar-refractivity contribution in [1.82, 2.24) is 14.5 Å². The zero-order chi connectivity index (χ0) is 10.9. The molecule has 1 N–H and O–H groups in total. The minimum absolute atomic E-state index is 0.255. The summed E-state index contributed by atoms with van der Waals surface area (Å²) in [6, 6.07) is 0. The maximum Gasteiger partial charge on any atom is 0.246 e. The van der Waals surface area contributed by atoms with Gasteiger partial charge in [-0.3, -0.25) is 5.10 Å². The molecule has 2 rings (SSSR count). The van der Waals surface area contributed by atoms with Crippen LogP contribution in [-0.2, 0) is 10.0 Å². The Kier molecular flexibility index (Phi) is 2.79. The van der Waals surface area contributed by atoms with Gasteiger partial charge in [0.25, 0.3) is 0 Å². The summed E-state index contributed by atoms with van der Waals surface area (Å²) >= 11 is 0. The molecular weight excluding hydrogens is 214 g/mol. The van der Waals surface area contributed by atoms with E-state index in [9.17, 15) is 8.42 Å². The van der Waals surface area contributed by atoms with Crippen LogP contribution in [0.1, 0.15) is 19.8 Å². The van der Waals surface area contributed by atoms with Crippen LogP contribution in [0, 0.1) is 5.92 Å². The molecule has 0 atom stereocenters. The lowest BCUT2D eigenvalue weighted by molar-refractivity contribution is 0.412. The number of rotatable bonds is 5. The van der Waals surface area contributed by atoms with Crippen molar-refractivity contribution in [3.8, 4) is 0 Å². The van der Waals surface area contributed by atoms with Crippen LogP contribution in [-0.4, -0.2) is 36.0 Å². The van der Waals surface area contributed by atoms with Gasteiger partial charge in [-0.25, -0.2) is 8.42 Å². The Morgan fingerprint density at radius 1 is 1.60 bits per heavy atom. The van der Waals surface area contributed by atoms with E-state index in [0.717, 1.165) is 12.8 Å². The van der Waals surface area contributed by atoms with Crippen LogP contribution in [0.5, 0.6) is 0 Å². The highest BCUT2D eigenvalue weighted by molar-refractivity contribution is 7.89. The van der Waals surface area contributed by atoms with Gasteiger partial charge in [0.1, 0.15) is 4.90 Å². The van der Waals surface area contributed by atoms with Gasteiger partial charge >= 0.3 is 0 Å². The molecular formula is C9H15N3O2S. The lowest BCUT2D eigenvalue weighted by Gasteiger charge is -2.18. The van der Waals surface area contributed by atoms with Crippen molar-refractivity contribution < 1.29 is 8.42 Å². The molecule has 6 heteroatoms. The smallest absolute Gasteiger partial charge is 0.246 e. The maximum atomic E-state index is 12.1. The number of hydrogen-bond acceptors (Lipinski definition) is 3. The SMILES string of the molecule is CCN(CC1CC1)S(=O)(=O)c1cn[nH]c1. The number of hydrogen-bond donors (Lipinski definition) is 1. The molecule has 0 saturated heterocycles. The Hall–Kier alpha value is -0.880. The van der Waals surface area contributed by atoms with Gasteiger partial charge < -0.3 is 0 Å². The minimum Gasteiger partial charge on any atom is -0.284 e. The Bertz CT molecular complexity index is 409. The number of aromatic nitrogens is 2. The van der Waals surface area contributed by atoms with Gasteiger partial charge in [0.05, 0.1) is 6.20 Å². The standard InChI is InChI=1S/C9H15N3O2S/c1-2-12(7-8-3-4-8)15(13,14)9-5-10-11-6-9/h5-6,8H,2-4,7H2,1H3,(H,10,11). The second kappa shape index (κ2) is 3.94. The second-order valence-corrected chi connectivity index (χ2v) is 5.77. The summed E-state index contributed by atoms with van der Waals surface area (Å²) < 4.78 is 25.6. The number of sulfonamides is 1. The summed E-state index contributed by atoms with van der Waals surface area (Å²) in [6.07, 6.45) is 5.07. The van der Waals surface area contributed by atoms with E-state index in [1.165, 1.54) is 16.7 Å². The zero-order valence-electron chi connectivity index (χ0n) is 8.68. The third-order valence-electron chi connectivity index (χ3n) is 2.62. The molecule has 0 bridgehead atoms. The van der Waals surface area contributed by atoms with Gasteiger partial charge in [-0.05, 0) is 18.8 Å². The van der Waals surface area contributed by atoms with Gasteiger partial charge in [-0.15, -0.1) is 0 Å². The molecule has 5 nitrogen and oxygen atoms in total. The number of H-pyrrole nitrogens is 1. The van der Waals surface area contributed by atoms with Crippen LogP contribution >= 0.6 is 0 Å². The van der Waals surface area contributed by atoms with Gasteiger partial charge in [-0.2, -0.15) is 9.40 Å². The summed E-state index contributed by atoms with van der Waals surface area (Å²) in [6.45, 7) is 3.02. The third-order valence-corrected chi connectivity index (χ3v) is 4.53. The summed E-state index contributed by atoms with van der Waals surface area (Å²) in [7, 11) is -3.32. The van der Waals surface area contributed by atoms with Crippen molar-refractivity contribution in [3.05, 3.63) is 12.4 Å². The Balaban J connectivity index is 2.18. The molecule has 0 aromatic carbocycles. The fourth-order valence-corrected chi connectivity index (χ4v) is 2.95. The lowest BCUT2D eigenvalue weighted by Crippen LogP contribution is -2.32.